The minimum Gasteiger partial charge on any atom is -0.375 e. The molecule has 9 heteroatoms. The molecule has 1 atom stereocenters. The molecule has 3 aromatic carbocycles. The summed E-state index contributed by atoms with van der Waals surface area (Å²) in [5, 5.41) is 13.6. The van der Waals surface area contributed by atoms with E-state index in [0.29, 0.717) is 15.7 Å². The Morgan fingerprint density at radius 3 is 2.38 bits per heavy atom. The molecule has 1 aliphatic rings. The highest BCUT2D eigenvalue weighted by Crippen LogP contribution is 2.40. The van der Waals surface area contributed by atoms with Crippen molar-refractivity contribution in [2.24, 2.45) is 0 Å². The second-order valence-corrected chi connectivity index (χ2v) is 10.2. The number of anilines is 2. The highest BCUT2D eigenvalue weighted by molar-refractivity contribution is 9.10. The number of aliphatic hydroxyl groups is 1. The number of aryl methyl sites for hydroxylation is 1. The average Bonchev–Trinajstić information content (AvgIpc) is 2.98. The zero-order chi connectivity index (χ0) is 23.1. The number of halogens is 1. The van der Waals surface area contributed by atoms with Crippen molar-refractivity contribution in [3.63, 3.8) is 0 Å². The molecule has 0 fully saturated rings. The largest absolute Gasteiger partial charge is 0.375 e. The van der Waals surface area contributed by atoms with E-state index in [4.69, 9.17) is 0 Å². The molecule has 1 heterocycles. The summed E-state index contributed by atoms with van der Waals surface area (Å²) in [5.74, 6) is -1.12. The number of hydrogen-bond acceptors (Lipinski definition) is 5. The first-order chi connectivity index (χ1) is 15.1. The Labute approximate surface area is 193 Å². The van der Waals surface area contributed by atoms with Crippen LogP contribution in [0, 0.1) is 6.92 Å². The first kappa shape index (κ1) is 22.2. The summed E-state index contributed by atoms with van der Waals surface area (Å²) in [7, 11) is -3.77. The predicted octanol–water partition coefficient (Wildman–Crippen LogP) is 3.97. The van der Waals surface area contributed by atoms with Gasteiger partial charge in [0.15, 0.2) is 11.4 Å². The van der Waals surface area contributed by atoms with Crippen LogP contribution >= 0.6 is 15.9 Å². The summed E-state index contributed by atoms with van der Waals surface area (Å²) in [6.45, 7) is 1.86. The molecule has 0 spiro atoms. The summed E-state index contributed by atoms with van der Waals surface area (Å²) >= 11 is 3.31. The number of fused-ring (bicyclic) bond motifs is 1. The third-order valence-corrected chi connectivity index (χ3v) is 7.15. The van der Waals surface area contributed by atoms with E-state index in [1.807, 2.05) is 6.92 Å². The first-order valence-electron chi connectivity index (χ1n) is 9.65. The molecular weight excluding hydrogens is 496 g/mol. The van der Waals surface area contributed by atoms with Gasteiger partial charge >= 0.3 is 0 Å². The molecule has 1 aliphatic heterocycles. The zero-order valence-electron chi connectivity index (χ0n) is 16.9. The number of hydrogen-bond donors (Lipinski definition) is 3. The molecule has 0 radical (unpaired) electrons. The number of nitrogens with one attached hydrogen (secondary N) is 2. The molecule has 0 saturated heterocycles. The number of ketones is 1. The summed E-state index contributed by atoms with van der Waals surface area (Å²) < 4.78 is 28.2. The minimum absolute atomic E-state index is 0.127. The fourth-order valence-electron chi connectivity index (χ4n) is 3.48. The Hall–Kier alpha value is -3.01. The highest BCUT2D eigenvalue weighted by atomic mass is 79.9. The van der Waals surface area contributed by atoms with Crippen LogP contribution in [-0.4, -0.2) is 25.2 Å². The van der Waals surface area contributed by atoms with E-state index in [1.54, 1.807) is 30.3 Å². The monoisotopic (exact) mass is 514 g/mol. The molecule has 4 rings (SSSR count). The number of sulfonamides is 1. The Kier molecular flexibility index (Phi) is 5.66. The number of amides is 1. The smallest absolute Gasteiger partial charge is 0.261 e. The zero-order valence-corrected chi connectivity index (χ0v) is 19.3. The van der Waals surface area contributed by atoms with E-state index in [2.05, 4.69) is 26.0 Å². The third-order valence-electron chi connectivity index (χ3n) is 5.26. The molecule has 0 unspecified atom stereocenters. The second-order valence-electron chi connectivity index (χ2n) is 7.60. The van der Waals surface area contributed by atoms with Crippen molar-refractivity contribution in [1.29, 1.82) is 0 Å². The van der Waals surface area contributed by atoms with Crippen LogP contribution in [0.5, 0.6) is 0 Å². The molecule has 32 heavy (non-hydrogen) atoms. The molecule has 164 valence electrons. The van der Waals surface area contributed by atoms with Gasteiger partial charge in [0.25, 0.3) is 15.9 Å². The van der Waals surface area contributed by atoms with Crippen molar-refractivity contribution in [2.75, 3.05) is 10.0 Å². The lowest BCUT2D eigenvalue weighted by atomic mass is 9.88. The van der Waals surface area contributed by atoms with Gasteiger partial charge in [-0.25, -0.2) is 8.42 Å². The van der Waals surface area contributed by atoms with E-state index in [9.17, 15) is 23.1 Å². The van der Waals surface area contributed by atoms with Crippen molar-refractivity contribution in [3.05, 3.63) is 87.9 Å². The Morgan fingerprint density at radius 2 is 1.72 bits per heavy atom. The Morgan fingerprint density at radius 1 is 1.06 bits per heavy atom. The van der Waals surface area contributed by atoms with Crippen LogP contribution in [0.1, 0.15) is 27.9 Å². The summed E-state index contributed by atoms with van der Waals surface area (Å²) in [5.41, 5.74) is 0.269. The van der Waals surface area contributed by atoms with Gasteiger partial charge in [-0.05, 0) is 61.5 Å². The van der Waals surface area contributed by atoms with Gasteiger partial charge in [-0.1, -0.05) is 33.6 Å². The van der Waals surface area contributed by atoms with Crippen molar-refractivity contribution >= 4 is 49.0 Å². The normalized spacial score (nSPS) is 17.5. The van der Waals surface area contributed by atoms with Crippen LogP contribution in [0.4, 0.5) is 11.4 Å². The first-order valence-corrected chi connectivity index (χ1v) is 11.9. The fourth-order valence-corrected chi connectivity index (χ4v) is 4.90. The maximum absolute atomic E-state index is 12.8. The van der Waals surface area contributed by atoms with E-state index in [1.165, 1.54) is 36.4 Å². The maximum atomic E-state index is 12.8. The van der Waals surface area contributed by atoms with Crippen molar-refractivity contribution in [2.45, 2.75) is 23.8 Å². The summed E-state index contributed by atoms with van der Waals surface area (Å²) in [6, 6.07) is 17.2. The third kappa shape index (κ3) is 4.19. The van der Waals surface area contributed by atoms with Crippen LogP contribution in [0.25, 0.3) is 0 Å². The van der Waals surface area contributed by atoms with Crippen LogP contribution in [0.3, 0.4) is 0 Å². The molecule has 1 amide bonds. The van der Waals surface area contributed by atoms with Crippen LogP contribution in [0.15, 0.2) is 76.1 Å². The number of Topliss-reactive ketones (excluding diaryl/α,β-unsaturated/α-hetero) is 1. The summed E-state index contributed by atoms with van der Waals surface area (Å²) in [6.07, 6.45) is -0.448. The molecule has 3 aromatic rings. The van der Waals surface area contributed by atoms with Gasteiger partial charge in [-0.2, -0.15) is 0 Å². The second kappa shape index (κ2) is 8.16. The van der Waals surface area contributed by atoms with E-state index >= 15 is 0 Å². The number of rotatable bonds is 6. The van der Waals surface area contributed by atoms with Crippen molar-refractivity contribution in [1.82, 2.24) is 0 Å². The molecule has 0 saturated carbocycles. The molecule has 0 aliphatic carbocycles. The molecule has 0 bridgehead atoms. The molecule has 3 N–H and O–H groups in total. The van der Waals surface area contributed by atoms with Gasteiger partial charge in [0.05, 0.1) is 11.3 Å². The van der Waals surface area contributed by atoms with Gasteiger partial charge in [0.1, 0.15) is 0 Å². The fraction of sp³-hybridized carbons (Fsp3) is 0.130. The van der Waals surface area contributed by atoms with Gasteiger partial charge < -0.3 is 10.4 Å². The Balaban J connectivity index is 1.51. The summed E-state index contributed by atoms with van der Waals surface area (Å²) in [4.78, 5) is 25.3. The van der Waals surface area contributed by atoms with Gasteiger partial charge in [-0.15, -0.1) is 0 Å². The molecule has 0 aromatic heterocycles. The lowest BCUT2D eigenvalue weighted by Crippen LogP contribution is -2.36. The van der Waals surface area contributed by atoms with Gasteiger partial charge in [0, 0.05) is 27.0 Å². The van der Waals surface area contributed by atoms with E-state index < -0.39 is 33.7 Å². The Bertz CT molecular complexity index is 1320. The minimum atomic E-state index is -3.77. The topological polar surface area (TPSA) is 113 Å². The SMILES string of the molecule is Cc1ccc(S(=O)(=O)Nc2ccc(C(=O)C[C@]3(O)C(=O)Nc4ccc(Br)cc43)cc2)cc1. The van der Waals surface area contributed by atoms with E-state index in [0.717, 1.165) is 5.56 Å². The number of carbonyl (C=O) groups is 2. The standard InChI is InChI=1S/C23H19BrN2O5S/c1-14-2-9-18(10-3-14)32(30,31)26-17-7-4-15(5-8-17)21(27)13-23(29)19-12-16(24)6-11-20(19)25-22(23)28/h2-12,26,29H,13H2,1H3,(H,25,28)/t23-/m1/s1. The van der Waals surface area contributed by atoms with Crippen LogP contribution < -0.4 is 10.0 Å². The number of benzene rings is 3. The van der Waals surface area contributed by atoms with Crippen molar-refractivity contribution < 1.29 is 23.1 Å². The molecular formula is C23H19BrN2O5S. The van der Waals surface area contributed by atoms with Crippen molar-refractivity contribution in [3.8, 4) is 0 Å². The van der Waals surface area contributed by atoms with Crippen LogP contribution in [-0.2, 0) is 20.4 Å². The van der Waals surface area contributed by atoms with Crippen LogP contribution in [0.2, 0.25) is 0 Å². The number of carbonyl (C=O) groups excluding carboxylic acids is 2. The lowest BCUT2D eigenvalue weighted by molar-refractivity contribution is -0.133. The van der Waals surface area contributed by atoms with Gasteiger partial charge in [-0.3, -0.25) is 14.3 Å². The quantitative estimate of drug-likeness (QED) is 0.430. The lowest BCUT2D eigenvalue weighted by Gasteiger charge is -2.20. The van der Waals surface area contributed by atoms with E-state index in [-0.39, 0.29) is 16.1 Å². The average molecular weight is 515 g/mol. The predicted molar refractivity (Wildman–Crippen MR) is 124 cm³/mol. The van der Waals surface area contributed by atoms with Gasteiger partial charge in [0.2, 0.25) is 0 Å². The molecule has 7 nitrogen and oxygen atoms in total. The highest BCUT2D eigenvalue weighted by Gasteiger charge is 2.46. The maximum Gasteiger partial charge on any atom is 0.261 e.